The smallest absolute Gasteiger partial charge is 0.219 e. The Bertz CT molecular complexity index is 351. The third-order valence-electron chi connectivity index (χ3n) is 2.51. The number of benzene rings is 1. The second-order valence-corrected chi connectivity index (χ2v) is 4.39. The van der Waals surface area contributed by atoms with Gasteiger partial charge in [-0.15, -0.1) is 0 Å². The average molecular weight is 256 g/mol. The Morgan fingerprint density at radius 2 is 1.94 bits per heavy atom. The lowest BCUT2D eigenvalue weighted by atomic mass is 10.3. The van der Waals surface area contributed by atoms with Gasteiger partial charge in [0.05, 0.1) is 6.61 Å². The minimum Gasteiger partial charge on any atom is -0.494 e. The minimum atomic E-state index is 0.101. The highest BCUT2D eigenvalue weighted by Crippen LogP contribution is 2.15. The molecular formula is C13H18ClNO2. The van der Waals surface area contributed by atoms with Crippen LogP contribution >= 0.6 is 11.6 Å². The molecule has 0 spiro atoms. The van der Waals surface area contributed by atoms with Gasteiger partial charge < -0.3 is 9.64 Å². The lowest BCUT2D eigenvalue weighted by Crippen LogP contribution is -2.25. The Morgan fingerprint density at radius 1 is 1.29 bits per heavy atom. The van der Waals surface area contributed by atoms with Gasteiger partial charge in [0.2, 0.25) is 5.91 Å². The van der Waals surface area contributed by atoms with Crippen molar-refractivity contribution in [2.75, 3.05) is 20.2 Å². The van der Waals surface area contributed by atoms with E-state index in [1.54, 1.807) is 24.0 Å². The van der Waals surface area contributed by atoms with E-state index in [4.69, 9.17) is 16.3 Å². The molecule has 0 aliphatic rings. The number of hydrogen-bond donors (Lipinski definition) is 0. The second kappa shape index (κ2) is 7.17. The van der Waals surface area contributed by atoms with Gasteiger partial charge in [-0.1, -0.05) is 11.6 Å². The molecular weight excluding hydrogens is 238 g/mol. The normalized spacial score (nSPS) is 10.1. The van der Waals surface area contributed by atoms with E-state index in [1.165, 1.54) is 0 Å². The molecule has 1 aromatic rings. The quantitative estimate of drug-likeness (QED) is 0.732. The van der Waals surface area contributed by atoms with E-state index < -0.39 is 0 Å². The molecule has 17 heavy (non-hydrogen) atoms. The van der Waals surface area contributed by atoms with E-state index in [9.17, 15) is 4.79 Å². The summed E-state index contributed by atoms with van der Waals surface area (Å²) in [5.74, 6) is 0.929. The van der Waals surface area contributed by atoms with Gasteiger partial charge >= 0.3 is 0 Å². The van der Waals surface area contributed by atoms with E-state index in [0.717, 1.165) is 25.1 Å². The Morgan fingerprint density at radius 3 is 2.53 bits per heavy atom. The first-order valence-corrected chi connectivity index (χ1v) is 6.07. The molecule has 1 aromatic carbocycles. The molecule has 0 unspecified atom stereocenters. The summed E-state index contributed by atoms with van der Waals surface area (Å²) >= 11 is 5.77. The van der Waals surface area contributed by atoms with Crippen LogP contribution in [0.5, 0.6) is 5.75 Å². The number of ether oxygens (including phenoxy) is 1. The minimum absolute atomic E-state index is 0.101. The van der Waals surface area contributed by atoms with Gasteiger partial charge in [0.25, 0.3) is 0 Å². The number of halogens is 1. The number of carbonyl (C=O) groups is 1. The average Bonchev–Trinajstić information content (AvgIpc) is 2.30. The number of hydrogen-bond acceptors (Lipinski definition) is 2. The molecule has 0 heterocycles. The van der Waals surface area contributed by atoms with Crippen molar-refractivity contribution in [3.63, 3.8) is 0 Å². The predicted octanol–water partition coefficient (Wildman–Crippen LogP) is 2.98. The summed E-state index contributed by atoms with van der Waals surface area (Å²) in [5.41, 5.74) is 0. The maximum atomic E-state index is 10.9. The van der Waals surface area contributed by atoms with Crippen molar-refractivity contribution in [3.05, 3.63) is 29.3 Å². The lowest BCUT2D eigenvalue weighted by molar-refractivity contribution is -0.127. The summed E-state index contributed by atoms with van der Waals surface area (Å²) < 4.78 is 5.54. The monoisotopic (exact) mass is 255 g/mol. The van der Waals surface area contributed by atoms with Gasteiger partial charge in [0.15, 0.2) is 0 Å². The molecule has 0 saturated carbocycles. The van der Waals surface area contributed by atoms with E-state index in [1.807, 2.05) is 19.2 Å². The molecule has 94 valence electrons. The van der Waals surface area contributed by atoms with Crippen molar-refractivity contribution in [2.45, 2.75) is 19.8 Å². The summed E-state index contributed by atoms with van der Waals surface area (Å²) in [5, 5.41) is 0.709. The fraction of sp³-hybridized carbons (Fsp3) is 0.462. The van der Waals surface area contributed by atoms with Gasteiger partial charge in [0.1, 0.15) is 5.75 Å². The molecule has 0 radical (unpaired) electrons. The summed E-state index contributed by atoms with van der Waals surface area (Å²) in [6, 6.07) is 7.31. The summed E-state index contributed by atoms with van der Waals surface area (Å²) in [6.45, 7) is 3.01. The van der Waals surface area contributed by atoms with Crippen molar-refractivity contribution in [2.24, 2.45) is 0 Å². The van der Waals surface area contributed by atoms with Gasteiger partial charge in [-0.3, -0.25) is 4.79 Å². The van der Waals surface area contributed by atoms with Gasteiger partial charge in [-0.25, -0.2) is 0 Å². The number of amides is 1. The van der Waals surface area contributed by atoms with Gasteiger partial charge in [-0.05, 0) is 37.1 Å². The maximum absolute atomic E-state index is 10.9. The van der Waals surface area contributed by atoms with Crippen molar-refractivity contribution < 1.29 is 9.53 Å². The van der Waals surface area contributed by atoms with Gasteiger partial charge in [-0.2, -0.15) is 0 Å². The topological polar surface area (TPSA) is 29.5 Å². The molecule has 0 saturated heterocycles. The van der Waals surface area contributed by atoms with Crippen molar-refractivity contribution >= 4 is 17.5 Å². The highest BCUT2D eigenvalue weighted by atomic mass is 35.5. The number of carbonyl (C=O) groups excluding carboxylic acids is 1. The summed E-state index contributed by atoms with van der Waals surface area (Å²) in [7, 11) is 1.81. The third kappa shape index (κ3) is 5.59. The second-order valence-electron chi connectivity index (χ2n) is 3.95. The fourth-order valence-electron chi connectivity index (χ4n) is 1.33. The predicted molar refractivity (Wildman–Crippen MR) is 69.5 cm³/mol. The van der Waals surface area contributed by atoms with E-state index in [2.05, 4.69) is 0 Å². The molecule has 4 heteroatoms. The molecule has 1 amide bonds. The van der Waals surface area contributed by atoms with Crippen molar-refractivity contribution in [3.8, 4) is 5.75 Å². The van der Waals surface area contributed by atoms with Crippen LogP contribution in [0.3, 0.4) is 0 Å². The highest BCUT2D eigenvalue weighted by Gasteiger charge is 2.00. The maximum Gasteiger partial charge on any atom is 0.219 e. The van der Waals surface area contributed by atoms with Crippen LogP contribution in [-0.4, -0.2) is 31.0 Å². The largest absolute Gasteiger partial charge is 0.494 e. The molecule has 3 nitrogen and oxygen atoms in total. The number of nitrogens with zero attached hydrogens (tertiary/aromatic N) is 1. The summed E-state index contributed by atoms with van der Waals surface area (Å²) in [6.07, 6.45) is 1.88. The molecule has 0 atom stereocenters. The van der Waals surface area contributed by atoms with E-state index in [-0.39, 0.29) is 5.91 Å². The Labute approximate surface area is 107 Å². The first-order valence-electron chi connectivity index (χ1n) is 5.69. The molecule has 1 rings (SSSR count). The van der Waals surface area contributed by atoms with Crippen LogP contribution in [0.15, 0.2) is 24.3 Å². The first-order chi connectivity index (χ1) is 8.09. The van der Waals surface area contributed by atoms with Crippen LogP contribution in [0.2, 0.25) is 5.02 Å². The number of unbranched alkanes of at least 4 members (excludes halogenated alkanes) is 1. The Kier molecular flexibility index (Phi) is 5.84. The molecule has 0 aliphatic heterocycles. The number of rotatable bonds is 6. The van der Waals surface area contributed by atoms with Gasteiger partial charge in [0, 0.05) is 25.5 Å². The Hall–Kier alpha value is -1.22. The van der Waals surface area contributed by atoms with Crippen LogP contribution in [0.4, 0.5) is 0 Å². The molecule has 0 aliphatic carbocycles. The van der Waals surface area contributed by atoms with Crippen LogP contribution in [0.1, 0.15) is 19.8 Å². The zero-order valence-electron chi connectivity index (χ0n) is 10.3. The standard InChI is InChI=1S/C13H18ClNO2/c1-11(16)15(2)9-3-4-10-17-13-7-5-12(14)6-8-13/h5-8H,3-4,9-10H2,1-2H3. The molecule has 0 fully saturated rings. The zero-order chi connectivity index (χ0) is 12.7. The van der Waals surface area contributed by atoms with E-state index in [0.29, 0.717) is 11.6 Å². The molecule has 0 N–H and O–H groups in total. The van der Waals surface area contributed by atoms with Crippen molar-refractivity contribution in [1.82, 2.24) is 4.90 Å². The first kappa shape index (κ1) is 13.8. The van der Waals surface area contributed by atoms with Crippen LogP contribution in [-0.2, 0) is 4.79 Å². The lowest BCUT2D eigenvalue weighted by Gasteiger charge is -2.14. The summed E-state index contributed by atoms with van der Waals surface area (Å²) in [4.78, 5) is 12.7. The third-order valence-corrected chi connectivity index (χ3v) is 2.76. The highest BCUT2D eigenvalue weighted by molar-refractivity contribution is 6.30. The van der Waals surface area contributed by atoms with Crippen LogP contribution in [0, 0.1) is 0 Å². The van der Waals surface area contributed by atoms with Crippen LogP contribution < -0.4 is 4.74 Å². The van der Waals surface area contributed by atoms with Crippen molar-refractivity contribution in [1.29, 1.82) is 0 Å². The van der Waals surface area contributed by atoms with E-state index >= 15 is 0 Å². The Balaban J connectivity index is 2.12. The fourth-order valence-corrected chi connectivity index (χ4v) is 1.46. The molecule has 0 aromatic heterocycles. The zero-order valence-corrected chi connectivity index (χ0v) is 11.0. The van der Waals surface area contributed by atoms with Crippen LogP contribution in [0.25, 0.3) is 0 Å². The molecule has 0 bridgehead atoms. The SMILES string of the molecule is CC(=O)N(C)CCCCOc1ccc(Cl)cc1.